The van der Waals surface area contributed by atoms with Crippen molar-refractivity contribution in [1.82, 2.24) is 4.90 Å². The maximum Gasteiger partial charge on any atom is 0.210 e. The zero-order valence-corrected chi connectivity index (χ0v) is 31.1. The highest BCUT2D eigenvalue weighted by atomic mass is 16.2. The summed E-state index contributed by atoms with van der Waals surface area (Å²) in [6.07, 6.45) is 7.48. The van der Waals surface area contributed by atoms with E-state index in [1.165, 1.54) is 48.3 Å². The van der Waals surface area contributed by atoms with Crippen molar-refractivity contribution in [1.29, 1.82) is 0 Å². The monoisotopic (exact) mass is 649 g/mol. The van der Waals surface area contributed by atoms with Crippen LogP contribution in [0.15, 0.2) is 60.7 Å². The second-order valence-electron chi connectivity index (χ2n) is 12.3. The third-order valence-electron chi connectivity index (χ3n) is 8.33. The van der Waals surface area contributed by atoms with Crippen LogP contribution in [0.5, 0.6) is 0 Å². The summed E-state index contributed by atoms with van der Waals surface area (Å²) < 4.78 is 0. The number of aryl methyl sites for hydroxylation is 2. The quantitative estimate of drug-likeness (QED) is 0.126. The molecular formula is C41H63NO5. The molecule has 2 aromatic rings. The van der Waals surface area contributed by atoms with E-state index in [2.05, 4.69) is 58.5 Å². The molecule has 0 aromatic heterocycles. The molecule has 0 saturated heterocycles. The largest absolute Gasteiger partial charge is 0.331 e. The number of hydrogen-bond donors (Lipinski definition) is 0. The average Bonchev–Trinajstić information content (AvgIpc) is 3.05. The summed E-state index contributed by atoms with van der Waals surface area (Å²) in [5.41, 5.74) is 6.20. The highest BCUT2D eigenvalue weighted by molar-refractivity contribution is 5.85. The Kier molecular flexibility index (Phi) is 26.5. The third-order valence-corrected chi connectivity index (χ3v) is 8.33. The Balaban J connectivity index is 0. The second-order valence-corrected chi connectivity index (χ2v) is 12.3. The summed E-state index contributed by atoms with van der Waals surface area (Å²) in [5.74, 6) is 1.69. The molecule has 0 aliphatic carbocycles. The Morgan fingerprint density at radius 2 is 1.23 bits per heavy atom. The Labute approximate surface area is 286 Å². The summed E-state index contributed by atoms with van der Waals surface area (Å²) in [6.45, 7) is 23.7. The molecule has 0 radical (unpaired) electrons. The van der Waals surface area contributed by atoms with Crippen LogP contribution in [0.2, 0.25) is 0 Å². The summed E-state index contributed by atoms with van der Waals surface area (Å²) in [6, 6.07) is 15.9. The number of Topliss-reactive ketones (excluding diaryl/α,β-unsaturated/α-hetero) is 3. The summed E-state index contributed by atoms with van der Waals surface area (Å²) >= 11 is 0. The molecule has 0 aliphatic rings. The number of aldehydes is 1. The summed E-state index contributed by atoms with van der Waals surface area (Å²) in [7, 11) is 0. The minimum atomic E-state index is -0.530. The summed E-state index contributed by atoms with van der Waals surface area (Å²) in [5, 5.41) is 0. The highest BCUT2D eigenvalue weighted by Gasteiger charge is 2.23. The minimum Gasteiger partial charge on any atom is -0.331 e. The van der Waals surface area contributed by atoms with Crippen LogP contribution in [0.4, 0.5) is 0 Å². The number of ketones is 3. The lowest BCUT2D eigenvalue weighted by atomic mass is 9.96. The third kappa shape index (κ3) is 21.7. The van der Waals surface area contributed by atoms with Crippen LogP contribution in [-0.4, -0.2) is 41.0 Å². The summed E-state index contributed by atoms with van der Waals surface area (Å²) in [4.78, 5) is 55.8. The van der Waals surface area contributed by atoms with Gasteiger partial charge in [0.05, 0.1) is 6.04 Å². The molecule has 0 N–H and O–H groups in total. The molecule has 6 nitrogen and oxygen atoms in total. The van der Waals surface area contributed by atoms with Crippen LogP contribution in [-0.2, 0) is 36.9 Å². The van der Waals surface area contributed by atoms with E-state index >= 15 is 0 Å². The number of benzene rings is 2. The molecule has 0 spiro atoms. The lowest BCUT2D eigenvalue weighted by Crippen LogP contribution is -2.39. The number of allylic oxidation sites excluding steroid dienone is 1. The molecule has 1 amide bonds. The van der Waals surface area contributed by atoms with Crippen LogP contribution in [0.25, 0.3) is 0 Å². The maximum absolute atomic E-state index is 11.8. The first-order valence-electron chi connectivity index (χ1n) is 17.1. The van der Waals surface area contributed by atoms with Gasteiger partial charge in [-0.15, -0.1) is 0 Å². The van der Waals surface area contributed by atoms with E-state index < -0.39 is 6.04 Å². The molecule has 3 atom stereocenters. The molecule has 262 valence electrons. The number of carbonyl (C=O) groups is 5. The van der Waals surface area contributed by atoms with Gasteiger partial charge < -0.3 is 9.69 Å². The minimum absolute atomic E-state index is 0.0837. The first-order chi connectivity index (χ1) is 22.2. The fourth-order valence-electron chi connectivity index (χ4n) is 4.44. The van der Waals surface area contributed by atoms with Gasteiger partial charge in [0.25, 0.3) is 0 Å². The van der Waals surface area contributed by atoms with Crippen molar-refractivity contribution in [3.8, 4) is 0 Å². The predicted octanol–water partition coefficient (Wildman–Crippen LogP) is 9.42. The van der Waals surface area contributed by atoms with E-state index in [9.17, 15) is 19.2 Å². The Morgan fingerprint density at radius 3 is 1.62 bits per heavy atom. The van der Waals surface area contributed by atoms with Crippen molar-refractivity contribution >= 4 is 30.0 Å². The molecule has 0 aliphatic heterocycles. The molecule has 0 saturated carbocycles. The van der Waals surface area contributed by atoms with Crippen molar-refractivity contribution in [2.24, 2.45) is 11.8 Å². The van der Waals surface area contributed by atoms with Gasteiger partial charge in [-0.2, -0.15) is 0 Å². The van der Waals surface area contributed by atoms with Crippen LogP contribution in [0.3, 0.4) is 0 Å². The standard InChI is InChI=1S/C17H23NO3.C12H18.C10H18O.C2H4O/c1-4-16(21)9-10-17(14(3)20)18(12-19)11-15-8-6-5-7-13(15)2;1-4-10(2)9-12-8-6-5-7-11(12)3;1-5-10(11)7-6-9(4)8(2)3;1-2-3/h5-8,12,17H,4,9-11H2,1-3H3;5-8,10H,4,9H2,1-3H3;9H,2,5-7H2,1,3-4H3;2H,1H3. The topological polar surface area (TPSA) is 88.6 Å². The van der Waals surface area contributed by atoms with Crippen molar-refractivity contribution in [2.45, 2.75) is 133 Å². The fourth-order valence-corrected chi connectivity index (χ4v) is 4.44. The van der Waals surface area contributed by atoms with E-state index in [1.807, 2.05) is 45.0 Å². The average molecular weight is 650 g/mol. The van der Waals surface area contributed by atoms with E-state index in [4.69, 9.17) is 4.79 Å². The molecule has 3 unspecified atom stereocenters. The van der Waals surface area contributed by atoms with E-state index in [0.29, 0.717) is 56.8 Å². The lowest BCUT2D eigenvalue weighted by molar-refractivity contribution is -0.131. The first-order valence-corrected chi connectivity index (χ1v) is 17.1. The molecule has 2 aromatic carbocycles. The van der Waals surface area contributed by atoms with E-state index in [0.717, 1.165) is 29.8 Å². The molecule has 0 fully saturated rings. The normalized spacial score (nSPS) is 11.8. The lowest BCUT2D eigenvalue weighted by Gasteiger charge is -2.27. The fraction of sp³-hybridized carbons (Fsp3) is 0.537. The van der Waals surface area contributed by atoms with Crippen molar-refractivity contribution in [3.05, 3.63) is 82.9 Å². The molecular weight excluding hydrogens is 586 g/mol. The van der Waals surface area contributed by atoms with Gasteiger partial charge in [-0.1, -0.05) is 102 Å². The van der Waals surface area contributed by atoms with Gasteiger partial charge in [0, 0.05) is 32.2 Å². The zero-order chi connectivity index (χ0) is 36.4. The number of nitrogens with zero attached hydrogens (tertiary/aromatic N) is 1. The predicted molar refractivity (Wildman–Crippen MR) is 196 cm³/mol. The van der Waals surface area contributed by atoms with E-state index in [-0.39, 0.29) is 11.6 Å². The number of rotatable bonds is 17. The smallest absolute Gasteiger partial charge is 0.210 e. The van der Waals surface area contributed by atoms with Crippen molar-refractivity contribution in [3.63, 3.8) is 0 Å². The Bertz CT molecular complexity index is 1220. The molecule has 47 heavy (non-hydrogen) atoms. The van der Waals surface area contributed by atoms with Gasteiger partial charge in [-0.3, -0.25) is 19.2 Å². The van der Waals surface area contributed by atoms with Crippen LogP contribution in [0.1, 0.15) is 123 Å². The zero-order valence-electron chi connectivity index (χ0n) is 31.1. The first kappa shape index (κ1) is 45.5. The maximum atomic E-state index is 11.8. The van der Waals surface area contributed by atoms with Crippen LogP contribution < -0.4 is 0 Å². The number of carbonyl (C=O) groups excluding carboxylic acids is 5. The Morgan fingerprint density at radius 1 is 0.787 bits per heavy atom. The van der Waals surface area contributed by atoms with Gasteiger partial charge >= 0.3 is 0 Å². The van der Waals surface area contributed by atoms with Crippen LogP contribution in [0, 0.1) is 25.7 Å². The number of amides is 1. The van der Waals surface area contributed by atoms with Gasteiger partial charge in [0.15, 0.2) is 5.78 Å². The SMILES string of the molecule is C=C(C)C(C)CCC(=O)CC.CC=O.CCC(=O)CCC(C(C)=O)N(C=O)Cc1ccccc1C.CCC(C)Cc1ccccc1C. The number of hydrogen-bond acceptors (Lipinski definition) is 5. The van der Waals surface area contributed by atoms with Gasteiger partial charge in [0.1, 0.15) is 17.9 Å². The van der Waals surface area contributed by atoms with E-state index in [1.54, 1.807) is 6.92 Å². The highest BCUT2D eigenvalue weighted by Crippen LogP contribution is 2.17. The Hall–Kier alpha value is -3.67. The van der Waals surface area contributed by atoms with Gasteiger partial charge in [-0.05, 0) is 88.0 Å². The second kappa shape index (κ2) is 27.4. The van der Waals surface area contributed by atoms with Crippen molar-refractivity contribution < 1.29 is 24.0 Å². The van der Waals surface area contributed by atoms with Crippen LogP contribution >= 0.6 is 0 Å². The van der Waals surface area contributed by atoms with Crippen molar-refractivity contribution in [2.75, 3.05) is 0 Å². The molecule has 0 heterocycles. The molecule has 2 rings (SSSR count). The molecule has 6 heteroatoms. The molecule has 0 bridgehead atoms. The van der Waals surface area contributed by atoms with Gasteiger partial charge in [-0.25, -0.2) is 0 Å². The van der Waals surface area contributed by atoms with Gasteiger partial charge in [0.2, 0.25) is 6.41 Å².